The topological polar surface area (TPSA) is 71.2 Å². The maximum atomic E-state index is 13.1. The summed E-state index contributed by atoms with van der Waals surface area (Å²) < 4.78 is 3.89. The Labute approximate surface area is 234 Å². The molecule has 4 aromatic rings. The van der Waals surface area contributed by atoms with Gasteiger partial charge in [-0.1, -0.05) is 0 Å². The van der Waals surface area contributed by atoms with Crippen molar-refractivity contribution in [2.45, 2.75) is 37.2 Å². The molecule has 2 aromatic carbocycles. The number of rotatable bonds is 6. The van der Waals surface area contributed by atoms with Crippen LogP contribution in [0.3, 0.4) is 0 Å². The molecule has 0 saturated carbocycles. The number of nitrogens with one attached hydrogen (secondary N) is 1. The Hall–Kier alpha value is -2.71. The van der Waals surface area contributed by atoms with Crippen molar-refractivity contribution in [1.29, 1.82) is 0 Å². The van der Waals surface area contributed by atoms with Crippen LogP contribution in [0.25, 0.3) is 16.7 Å². The predicted molar refractivity (Wildman–Crippen MR) is 146 cm³/mol. The molecule has 0 amide bonds. The first kappa shape index (κ1) is 25.9. The van der Waals surface area contributed by atoms with Gasteiger partial charge >= 0.3 is 168 Å². The van der Waals surface area contributed by atoms with Gasteiger partial charge in [-0.25, -0.2) is 0 Å². The summed E-state index contributed by atoms with van der Waals surface area (Å²) >= 11 is 0.612. The van der Waals surface area contributed by atoms with Gasteiger partial charge in [0.2, 0.25) is 0 Å². The number of nitrogens with zero attached hydrogens (tertiary/aromatic N) is 6. The van der Waals surface area contributed by atoms with Gasteiger partial charge in [0.25, 0.3) is 0 Å². The van der Waals surface area contributed by atoms with Crippen LogP contribution in [0, 0.1) is 6.92 Å². The third-order valence-electron chi connectivity index (χ3n) is 7.17. The van der Waals surface area contributed by atoms with E-state index in [-0.39, 0.29) is 8.48 Å². The number of likely N-dealkylation sites (N-methyl/N-ethyl adjacent to an activating group) is 1. The molecule has 1 N–H and O–H groups in total. The molecule has 1 fully saturated rings. The second kappa shape index (κ2) is 10.2. The van der Waals surface area contributed by atoms with Crippen molar-refractivity contribution >= 4 is 28.4 Å². The Balaban J connectivity index is 1.48. The molecule has 1 aliphatic heterocycles. The average molecular weight is 685 g/mol. The van der Waals surface area contributed by atoms with Crippen molar-refractivity contribution in [3.8, 4) is 5.69 Å². The van der Waals surface area contributed by atoms with Gasteiger partial charge in [0, 0.05) is 31.9 Å². The zero-order chi connectivity index (χ0) is 26.3. The van der Waals surface area contributed by atoms with Gasteiger partial charge in [-0.3, -0.25) is 0 Å². The molecule has 0 aliphatic carbocycles. The number of piperazine rings is 1. The standard InChI is InChI=1S/C28H34N7O.Hg/c1-6-34-27(36)24-18-29-28(31-26(24)35(34)23-10-7-21(8-11-23)19(2)3)30-22-9-12-25(20(4)17-22)33-15-13-32(5)14-16-33;/h7-12,17-18H,6,13-16H2,1-5H3,(H,29,30,31);. The molecule has 9 heteroatoms. The molecule has 5 rings (SSSR count). The molecule has 1 aliphatic rings. The van der Waals surface area contributed by atoms with Crippen LogP contribution in [0.5, 0.6) is 0 Å². The maximum absolute atomic E-state index is 13.1. The molecule has 37 heavy (non-hydrogen) atoms. The first-order valence-corrected chi connectivity index (χ1v) is 15.7. The fraction of sp³-hybridized carbons (Fsp3) is 0.393. The van der Waals surface area contributed by atoms with Gasteiger partial charge in [-0.2, -0.15) is 0 Å². The van der Waals surface area contributed by atoms with Gasteiger partial charge in [0.1, 0.15) is 0 Å². The third kappa shape index (κ3) is 5.18. The summed E-state index contributed by atoms with van der Waals surface area (Å²) in [5.74, 6) is 0.473. The Bertz CT molecular complexity index is 1480. The number of aromatic nitrogens is 4. The summed E-state index contributed by atoms with van der Waals surface area (Å²) in [6.45, 7) is 13.5. The first-order chi connectivity index (χ1) is 17.7. The Morgan fingerprint density at radius 3 is 2.38 bits per heavy atom. The monoisotopic (exact) mass is 686 g/mol. The van der Waals surface area contributed by atoms with Crippen LogP contribution >= 0.6 is 0 Å². The predicted octanol–water partition coefficient (Wildman–Crippen LogP) is 4.19. The van der Waals surface area contributed by atoms with Crippen molar-refractivity contribution in [2.75, 3.05) is 43.4 Å². The summed E-state index contributed by atoms with van der Waals surface area (Å²) in [5.41, 5.74) is 6.20. The molecule has 0 radical (unpaired) electrons. The number of hydrogen-bond donors (Lipinski definition) is 1. The van der Waals surface area contributed by atoms with Gasteiger partial charge < -0.3 is 9.80 Å². The molecule has 3 heterocycles. The third-order valence-corrected chi connectivity index (χ3v) is 8.75. The van der Waals surface area contributed by atoms with E-state index < -0.39 is 0 Å². The summed E-state index contributed by atoms with van der Waals surface area (Å²) in [7, 11) is 2.17. The summed E-state index contributed by atoms with van der Waals surface area (Å²) in [6.07, 6.45) is 1.64. The van der Waals surface area contributed by atoms with E-state index in [0.717, 1.165) is 37.6 Å². The fourth-order valence-corrected chi connectivity index (χ4v) is 5.87. The van der Waals surface area contributed by atoms with Crippen LogP contribution < -0.4 is 15.8 Å². The Morgan fingerprint density at radius 1 is 1.05 bits per heavy atom. The van der Waals surface area contributed by atoms with E-state index in [1.54, 1.807) is 10.9 Å². The van der Waals surface area contributed by atoms with Crippen LogP contribution in [0.15, 0.2) is 53.5 Å². The molecule has 8 nitrogen and oxygen atoms in total. The Kier molecular flexibility index (Phi) is 7.15. The zero-order valence-electron chi connectivity index (χ0n) is 22.5. The zero-order valence-corrected chi connectivity index (χ0v) is 28.0. The van der Waals surface area contributed by atoms with E-state index in [9.17, 15) is 4.79 Å². The van der Waals surface area contributed by atoms with Crippen molar-refractivity contribution in [3.63, 3.8) is 0 Å². The van der Waals surface area contributed by atoms with E-state index in [1.165, 1.54) is 16.8 Å². The molecule has 1 saturated heterocycles. The van der Waals surface area contributed by atoms with Gasteiger partial charge in [0.05, 0.1) is 0 Å². The van der Waals surface area contributed by atoms with E-state index in [0.29, 0.717) is 49.6 Å². The summed E-state index contributed by atoms with van der Waals surface area (Å²) in [5, 5.41) is 3.88. The van der Waals surface area contributed by atoms with Crippen molar-refractivity contribution in [2.24, 2.45) is 0 Å². The number of hydrogen-bond acceptors (Lipinski definition) is 6. The SMILES string of the molecule is CCn1c(=O)c2cnc(Nc3ccc(N4CCN(C)CC4)c(C)c3)nc2n1-c1ccc([C](C)(C)[Hg])cc1. The Morgan fingerprint density at radius 2 is 1.76 bits per heavy atom. The molecule has 2 aromatic heterocycles. The number of anilines is 3. The van der Waals surface area contributed by atoms with Gasteiger partial charge in [0.15, 0.2) is 0 Å². The van der Waals surface area contributed by atoms with E-state index >= 15 is 0 Å². The van der Waals surface area contributed by atoms with Crippen LogP contribution in [-0.4, -0.2) is 57.5 Å². The summed E-state index contributed by atoms with van der Waals surface area (Å²) in [4.78, 5) is 27.2. The van der Waals surface area contributed by atoms with Gasteiger partial charge in [-0.15, -0.1) is 0 Å². The normalized spacial score (nSPS) is 14.9. The van der Waals surface area contributed by atoms with Crippen LogP contribution in [0.4, 0.5) is 17.3 Å². The second-order valence-electron chi connectivity index (χ2n) is 10.6. The van der Waals surface area contributed by atoms with Crippen molar-refractivity contribution in [3.05, 3.63) is 70.1 Å². The minimum atomic E-state index is -0.0771. The molecular weight excluding hydrogens is 651 g/mol. The fourth-order valence-electron chi connectivity index (χ4n) is 4.95. The van der Waals surface area contributed by atoms with Crippen LogP contribution in [0.1, 0.15) is 31.9 Å². The van der Waals surface area contributed by atoms with Gasteiger partial charge in [-0.05, 0) is 25.6 Å². The summed E-state index contributed by atoms with van der Waals surface area (Å²) in [6, 6.07) is 14.9. The van der Waals surface area contributed by atoms with E-state index in [2.05, 4.69) is 90.4 Å². The number of aryl methyl sites for hydroxylation is 1. The average Bonchev–Trinajstić information content (AvgIpc) is 3.15. The minimum absolute atomic E-state index is 0.0771. The number of fused-ring (bicyclic) bond motifs is 1. The molecule has 0 spiro atoms. The molecular formula is C28H34HgN7O. The second-order valence-corrected chi connectivity index (χ2v) is 17.5. The van der Waals surface area contributed by atoms with Crippen LogP contribution in [-0.2, 0) is 35.6 Å². The molecule has 0 bridgehead atoms. The molecule has 0 atom stereocenters. The van der Waals surface area contributed by atoms with Crippen molar-refractivity contribution < 1.29 is 26.1 Å². The quantitative estimate of drug-likeness (QED) is 0.308. The molecule has 189 valence electrons. The number of benzene rings is 2. The van der Waals surface area contributed by atoms with Crippen LogP contribution in [0.2, 0.25) is 0 Å². The van der Waals surface area contributed by atoms with E-state index in [1.807, 2.05) is 11.6 Å². The van der Waals surface area contributed by atoms with Crippen molar-refractivity contribution in [1.82, 2.24) is 24.2 Å². The van der Waals surface area contributed by atoms with E-state index in [4.69, 9.17) is 4.98 Å². The first-order valence-electron chi connectivity index (χ1n) is 12.9. The molecule has 0 unspecified atom stereocenters.